The van der Waals surface area contributed by atoms with Crippen LogP contribution in [-0.2, 0) is 9.59 Å². The summed E-state index contributed by atoms with van der Waals surface area (Å²) in [5.41, 5.74) is 2.79. The average Bonchev–Trinajstić information content (AvgIpc) is 3.13. The minimum absolute atomic E-state index is 0.241. The van der Waals surface area contributed by atoms with Crippen molar-refractivity contribution in [2.75, 3.05) is 23.4 Å². The standard InChI is InChI=1S/C27H22Cl2N2O4S2/c1-3-34-22-12-17(11-21(29)25(22)35-15-24(32)30-18-7-5-4-6-8-18)13-23-26(33)31(27(36)37-23)19-10-9-16(2)20(28)14-19/h4-14H,3,15H2,1-2H3,(H,30,32)/b23-13-. The molecule has 37 heavy (non-hydrogen) atoms. The Kier molecular flexibility index (Phi) is 8.76. The number of thioether (sulfide) groups is 1. The second-order valence-corrected chi connectivity index (χ2v) is 10.4. The highest BCUT2D eigenvalue weighted by Gasteiger charge is 2.33. The van der Waals surface area contributed by atoms with Crippen molar-refractivity contribution in [2.24, 2.45) is 0 Å². The molecule has 0 saturated carbocycles. The molecule has 1 heterocycles. The van der Waals surface area contributed by atoms with Gasteiger partial charge in [-0.1, -0.05) is 71.4 Å². The molecule has 0 aromatic heterocycles. The number of carbonyl (C=O) groups is 2. The van der Waals surface area contributed by atoms with Crippen LogP contribution >= 0.6 is 47.2 Å². The molecule has 4 rings (SSSR count). The van der Waals surface area contributed by atoms with Crippen molar-refractivity contribution in [1.82, 2.24) is 0 Å². The van der Waals surface area contributed by atoms with Crippen molar-refractivity contribution in [3.05, 3.63) is 86.7 Å². The predicted octanol–water partition coefficient (Wildman–Crippen LogP) is 7.12. The van der Waals surface area contributed by atoms with Crippen molar-refractivity contribution in [2.45, 2.75) is 13.8 Å². The molecule has 190 valence electrons. The smallest absolute Gasteiger partial charge is 0.270 e. The highest BCUT2D eigenvalue weighted by atomic mass is 35.5. The van der Waals surface area contributed by atoms with Crippen molar-refractivity contribution in [3.63, 3.8) is 0 Å². The maximum Gasteiger partial charge on any atom is 0.270 e. The Bertz CT molecular complexity index is 1400. The first-order chi connectivity index (χ1) is 17.8. The van der Waals surface area contributed by atoms with Gasteiger partial charge in [0.1, 0.15) is 0 Å². The number of para-hydroxylation sites is 1. The van der Waals surface area contributed by atoms with Gasteiger partial charge in [-0.2, -0.15) is 0 Å². The van der Waals surface area contributed by atoms with Gasteiger partial charge in [-0.15, -0.1) is 0 Å². The van der Waals surface area contributed by atoms with Crippen LogP contribution in [0.5, 0.6) is 11.5 Å². The Morgan fingerprint density at radius 1 is 1.08 bits per heavy atom. The first kappa shape index (κ1) is 27.0. The molecule has 1 N–H and O–H groups in total. The summed E-state index contributed by atoms with van der Waals surface area (Å²) in [6.45, 7) is 3.80. The van der Waals surface area contributed by atoms with E-state index < -0.39 is 0 Å². The van der Waals surface area contributed by atoms with Crippen LogP contribution < -0.4 is 19.7 Å². The van der Waals surface area contributed by atoms with Crippen LogP contribution in [0.1, 0.15) is 18.1 Å². The molecule has 0 atom stereocenters. The Balaban J connectivity index is 1.54. The van der Waals surface area contributed by atoms with Gasteiger partial charge in [-0.25, -0.2) is 0 Å². The fraction of sp³-hybridized carbons (Fsp3) is 0.148. The second-order valence-electron chi connectivity index (χ2n) is 7.92. The fourth-order valence-electron chi connectivity index (χ4n) is 3.49. The third-order valence-corrected chi connectivity index (χ3v) is 7.23. The fourth-order valence-corrected chi connectivity index (χ4v) is 5.24. The lowest BCUT2D eigenvalue weighted by atomic mass is 10.1. The quantitative estimate of drug-likeness (QED) is 0.229. The Labute approximate surface area is 234 Å². The molecule has 0 radical (unpaired) electrons. The number of rotatable bonds is 8. The summed E-state index contributed by atoms with van der Waals surface area (Å²) < 4.78 is 11.8. The molecule has 1 fully saturated rings. The van der Waals surface area contributed by atoms with Gasteiger partial charge in [-0.3, -0.25) is 14.5 Å². The molecule has 0 bridgehead atoms. The maximum absolute atomic E-state index is 13.2. The van der Waals surface area contributed by atoms with E-state index in [9.17, 15) is 9.59 Å². The number of thiocarbonyl (C=S) groups is 1. The molecular weight excluding hydrogens is 551 g/mol. The van der Waals surface area contributed by atoms with Crippen molar-refractivity contribution >= 4 is 80.8 Å². The van der Waals surface area contributed by atoms with Gasteiger partial charge in [-0.05, 0) is 67.4 Å². The zero-order chi connectivity index (χ0) is 26.5. The molecule has 1 saturated heterocycles. The Hall–Kier alpha value is -3.04. The van der Waals surface area contributed by atoms with Crippen molar-refractivity contribution in [1.29, 1.82) is 0 Å². The molecule has 1 aliphatic heterocycles. The monoisotopic (exact) mass is 572 g/mol. The van der Waals surface area contributed by atoms with Crippen LogP contribution in [0, 0.1) is 6.92 Å². The zero-order valence-electron chi connectivity index (χ0n) is 19.9. The van der Waals surface area contributed by atoms with E-state index >= 15 is 0 Å². The molecule has 2 amide bonds. The van der Waals surface area contributed by atoms with Gasteiger partial charge >= 0.3 is 0 Å². The minimum atomic E-state index is -0.339. The van der Waals surface area contributed by atoms with Gasteiger partial charge in [0, 0.05) is 10.7 Å². The molecule has 10 heteroatoms. The van der Waals surface area contributed by atoms with Gasteiger partial charge in [0.05, 0.1) is 22.2 Å². The lowest BCUT2D eigenvalue weighted by Gasteiger charge is -2.15. The van der Waals surface area contributed by atoms with E-state index in [1.165, 1.54) is 16.7 Å². The van der Waals surface area contributed by atoms with Crippen LogP contribution in [-0.4, -0.2) is 29.3 Å². The number of halogens is 2. The minimum Gasteiger partial charge on any atom is -0.490 e. The summed E-state index contributed by atoms with van der Waals surface area (Å²) in [6, 6.07) is 17.8. The van der Waals surface area contributed by atoms with Crippen LogP contribution in [0.4, 0.5) is 11.4 Å². The summed E-state index contributed by atoms with van der Waals surface area (Å²) in [4.78, 5) is 27.4. The summed E-state index contributed by atoms with van der Waals surface area (Å²) in [6.07, 6.45) is 1.69. The van der Waals surface area contributed by atoms with E-state index in [1.54, 1.807) is 42.5 Å². The molecule has 1 aliphatic rings. The summed E-state index contributed by atoms with van der Waals surface area (Å²) in [5.74, 6) is -0.00383. The molecule has 3 aromatic rings. The number of nitrogens with one attached hydrogen (secondary N) is 1. The van der Waals surface area contributed by atoms with E-state index in [1.807, 2.05) is 38.1 Å². The SMILES string of the molecule is CCOc1cc(/C=C2\SC(=S)N(c3ccc(C)c(Cl)c3)C2=O)cc(Cl)c1OCC(=O)Nc1ccccc1. The first-order valence-electron chi connectivity index (χ1n) is 11.2. The van der Waals surface area contributed by atoms with Gasteiger partial charge in [0.2, 0.25) is 0 Å². The third-order valence-electron chi connectivity index (χ3n) is 5.24. The summed E-state index contributed by atoms with van der Waals surface area (Å²) >= 11 is 19.4. The summed E-state index contributed by atoms with van der Waals surface area (Å²) in [5, 5.41) is 3.55. The topological polar surface area (TPSA) is 67.9 Å². The first-order valence-corrected chi connectivity index (χ1v) is 13.2. The average molecular weight is 574 g/mol. The van der Waals surface area contributed by atoms with E-state index in [-0.39, 0.29) is 29.2 Å². The number of amides is 2. The second kappa shape index (κ2) is 12.0. The largest absolute Gasteiger partial charge is 0.490 e. The molecule has 3 aromatic carbocycles. The highest BCUT2D eigenvalue weighted by molar-refractivity contribution is 8.27. The van der Waals surface area contributed by atoms with Crippen molar-refractivity contribution < 1.29 is 19.1 Å². The number of benzene rings is 3. The normalized spacial score (nSPS) is 14.3. The Morgan fingerprint density at radius 2 is 1.84 bits per heavy atom. The van der Waals surface area contributed by atoms with E-state index in [4.69, 9.17) is 44.9 Å². The van der Waals surface area contributed by atoms with Crippen LogP contribution in [0.15, 0.2) is 65.6 Å². The molecule has 0 unspecified atom stereocenters. The predicted molar refractivity (Wildman–Crippen MR) is 155 cm³/mol. The number of hydrogen-bond donors (Lipinski definition) is 1. The summed E-state index contributed by atoms with van der Waals surface area (Å²) in [7, 11) is 0. The lowest BCUT2D eigenvalue weighted by Crippen LogP contribution is -2.27. The number of aryl methyl sites for hydroxylation is 1. The number of anilines is 2. The van der Waals surface area contributed by atoms with E-state index in [2.05, 4.69) is 5.32 Å². The van der Waals surface area contributed by atoms with Gasteiger partial charge in [0.25, 0.3) is 11.8 Å². The Morgan fingerprint density at radius 3 is 2.54 bits per heavy atom. The number of nitrogens with zero attached hydrogens (tertiary/aromatic N) is 1. The van der Waals surface area contributed by atoms with E-state index in [0.717, 1.165) is 5.56 Å². The number of hydrogen-bond acceptors (Lipinski definition) is 6. The van der Waals surface area contributed by atoms with Crippen LogP contribution in [0.25, 0.3) is 6.08 Å². The number of ether oxygens (including phenoxy) is 2. The molecule has 0 spiro atoms. The third kappa shape index (κ3) is 6.45. The van der Waals surface area contributed by atoms with Gasteiger partial charge in [0.15, 0.2) is 22.4 Å². The van der Waals surface area contributed by atoms with Crippen LogP contribution in [0.3, 0.4) is 0 Å². The highest BCUT2D eigenvalue weighted by Crippen LogP contribution is 2.40. The lowest BCUT2D eigenvalue weighted by molar-refractivity contribution is -0.118. The van der Waals surface area contributed by atoms with Crippen LogP contribution in [0.2, 0.25) is 10.0 Å². The molecule has 6 nitrogen and oxygen atoms in total. The number of carbonyl (C=O) groups excluding carboxylic acids is 2. The van der Waals surface area contributed by atoms with Crippen molar-refractivity contribution in [3.8, 4) is 11.5 Å². The van der Waals surface area contributed by atoms with Gasteiger partial charge < -0.3 is 14.8 Å². The molecular formula is C27H22Cl2N2O4S2. The van der Waals surface area contributed by atoms with E-state index in [0.29, 0.717) is 43.5 Å². The maximum atomic E-state index is 13.2. The molecule has 0 aliphatic carbocycles. The zero-order valence-corrected chi connectivity index (χ0v) is 23.1.